The van der Waals surface area contributed by atoms with Crippen LogP contribution in [0.1, 0.15) is 45.4 Å². The summed E-state index contributed by atoms with van der Waals surface area (Å²) < 4.78 is 0. The van der Waals surface area contributed by atoms with Crippen LogP contribution in [0.2, 0.25) is 0 Å². The molecular formula is C9H16O. The Hall–Kier alpha value is -0.0400. The monoisotopic (exact) mass is 140 g/mol. The standard InChI is InChI=1S/C9H16O/c1-8(10)4-2-5-9(8)6-3-7-9/h10H,2-7H2,1H3. The second kappa shape index (κ2) is 1.76. The maximum absolute atomic E-state index is 9.96. The van der Waals surface area contributed by atoms with E-state index in [1.54, 1.807) is 0 Å². The quantitative estimate of drug-likeness (QED) is 0.546. The van der Waals surface area contributed by atoms with Crippen molar-refractivity contribution in [1.29, 1.82) is 0 Å². The fourth-order valence-corrected chi connectivity index (χ4v) is 2.70. The predicted octanol–water partition coefficient (Wildman–Crippen LogP) is 2.09. The lowest BCUT2D eigenvalue weighted by molar-refractivity contribution is -0.0903. The van der Waals surface area contributed by atoms with Gasteiger partial charge in [-0.25, -0.2) is 0 Å². The molecule has 0 aromatic heterocycles. The normalized spacial score (nSPS) is 43.8. The Balaban J connectivity index is 2.20. The average molecular weight is 140 g/mol. The molecule has 10 heavy (non-hydrogen) atoms. The van der Waals surface area contributed by atoms with Crippen molar-refractivity contribution < 1.29 is 5.11 Å². The molecule has 2 saturated carbocycles. The Morgan fingerprint density at radius 2 is 1.50 bits per heavy atom. The molecule has 0 saturated heterocycles. The zero-order chi connectivity index (χ0) is 7.24. The number of rotatable bonds is 0. The maximum atomic E-state index is 9.96. The van der Waals surface area contributed by atoms with Crippen LogP contribution < -0.4 is 0 Å². The first-order valence-corrected chi connectivity index (χ1v) is 4.39. The van der Waals surface area contributed by atoms with Crippen molar-refractivity contribution in [3.05, 3.63) is 0 Å². The summed E-state index contributed by atoms with van der Waals surface area (Å²) in [5.41, 5.74) is 0.0538. The summed E-state index contributed by atoms with van der Waals surface area (Å²) in [5.74, 6) is 0. The molecule has 1 N–H and O–H groups in total. The molecule has 1 nitrogen and oxygen atoms in total. The minimum Gasteiger partial charge on any atom is -0.390 e. The van der Waals surface area contributed by atoms with Gasteiger partial charge in [0.25, 0.3) is 0 Å². The van der Waals surface area contributed by atoms with Gasteiger partial charge in [0.1, 0.15) is 0 Å². The highest BCUT2D eigenvalue weighted by Crippen LogP contribution is 2.58. The molecule has 1 unspecified atom stereocenters. The van der Waals surface area contributed by atoms with E-state index in [1.807, 2.05) is 6.92 Å². The summed E-state index contributed by atoms with van der Waals surface area (Å²) in [6, 6.07) is 0. The molecule has 0 radical (unpaired) electrons. The molecule has 1 atom stereocenters. The van der Waals surface area contributed by atoms with Gasteiger partial charge in [-0.15, -0.1) is 0 Å². The van der Waals surface area contributed by atoms with Crippen LogP contribution in [-0.4, -0.2) is 10.7 Å². The first kappa shape index (κ1) is 6.66. The second-order valence-electron chi connectivity index (χ2n) is 4.26. The van der Waals surface area contributed by atoms with Gasteiger partial charge in [-0.1, -0.05) is 6.42 Å². The van der Waals surface area contributed by atoms with Gasteiger partial charge in [-0.2, -0.15) is 0 Å². The molecule has 1 spiro atoms. The molecule has 0 aromatic rings. The van der Waals surface area contributed by atoms with Crippen LogP contribution in [0.3, 0.4) is 0 Å². The SMILES string of the molecule is CC1(O)CCCC12CCC2. The van der Waals surface area contributed by atoms with Gasteiger partial charge in [0.2, 0.25) is 0 Å². The van der Waals surface area contributed by atoms with Gasteiger partial charge < -0.3 is 5.11 Å². The minimum atomic E-state index is -0.314. The number of hydrogen-bond donors (Lipinski definition) is 1. The topological polar surface area (TPSA) is 20.2 Å². The molecule has 0 bridgehead atoms. The van der Waals surface area contributed by atoms with E-state index in [1.165, 1.54) is 32.1 Å². The Kier molecular flexibility index (Phi) is 1.17. The Bertz CT molecular complexity index is 145. The summed E-state index contributed by atoms with van der Waals surface area (Å²) >= 11 is 0. The molecule has 2 fully saturated rings. The Labute approximate surface area is 62.4 Å². The van der Waals surface area contributed by atoms with E-state index in [9.17, 15) is 5.11 Å². The number of aliphatic hydroxyl groups is 1. The largest absolute Gasteiger partial charge is 0.390 e. The molecule has 2 aliphatic carbocycles. The van der Waals surface area contributed by atoms with E-state index in [-0.39, 0.29) is 5.60 Å². The zero-order valence-electron chi connectivity index (χ0n) is 6.69. The van der Waals surface area contributed by atoms with Crippen LogP contribution in [0, 0.1) is 5.41 Å². The van der Waals surface area contributed by atoms with Gasteiger partial charge >= 0.3 is 0 Å². The van der Waals surface area contributed by atoms with Crippen molar-refractivity contribution in [1.82, 2.24) is 0 Å². The third kappa shape index (κ3) is 0.619. The van der Waals surface area contributed by atoms with Crippen LogP contribution in [0.15, 0.2) is 0 Å². The lowest BCUT2D eigenvalue weighted by atomic mass is 9.61. The number of hydrogen-bond acceptors (Lipinski definition) is 1. The molecule has 2 aliphatic rings. The molecule has 0 aliphatic heterocycles. The first-order valence-electron chi connectivity index (χ1n) is 4.39. The van der Waals surface area contributed by atoms with Crippen molar-refractivity contribution in [2.75, 3.05) is 0 Å². The zero-order valence-corrected chi connectivity index (χ0v) is 6.69. The third-order valence-corrected chi connectivity index (χ3v) is 3.77. The fraction of sp³-hybridized carbons (Fsp3) is 1.00. The van der Waals surface area contributed by atoms with E-state index in [4.69, 9.17) is 0 Å². The lowest BCUT2D eigenvalue weighted by Gasteiger charge is -2.47. The highest BCUT2D eigenvalue weighted by Gasteiger charge is 2.53. The van der Waals surface area contributed by atoms with E-state index < -0.39 is 0 Å². The average Bonchev–Trinajstić information content (AvgIpc) is 2.02. The second-order valence-corrected chi connectivity index (χ2v) is 4.26. The lowest BCUT2D eigenvalue weighted by Crippen LogP contribution is -2.45. The summed E-state index contributed by atoms with van der Waals surface area (Å²) in [5, 5.41) is 9.96. The fourth-order valence-electron chi connectivity index (χ4n) is 2.70. The molecule has 2 rings (SSSR count). The summed E-state index contributed by atoms with van der Waals surface area (Å²) in [6.07, 6.45) is 7.45. The van der Waals surface area contributed by atoms with Crippen molar-refractivity contribution in [2.24, 2.45) is 5.41 Å². The van der Waals surface area contributed by atoms with Crippen LogP contribution in [0.5, 0.6) is 0 Å². The van der Waals surface area contributed by atoms with Crippen molar-refractivity contribution in [3.8, 4) is 0 Å². The van der Waals surface area contributed by atoms with Crippen molar-refractivity contribution >= 4 is 0 Å². The molecule has 58 valence electrons. The van der Waals surface area contributed by atoms with E-state index in [0.717, 1.165) is 6.42 Å². The van der Waals surface area contributed by atoms with E-state index >= 15 is 0 Å². The summed E-state index contributed by atoms with van der Waals surface area (Å²) in [7, 11) is 0. The van der Waals surface area contributed by atoms with Crippen molar-refractivity contribution in [2.45, 2.75) is 51.0 Å². The van der Waals surface area contributed by atoms with Gasteiger partial charge in [0.15, 0.2) is 0 Å². The smallest absolute Gasteiger partial charge is 0.0675 e. The van der Waals surface area contributed by atoms with Crippen LogP contribution in [0.25, 0.3) is 0 Å². The van der Waals surface area contributed by atoms with Gasteiger partial charge in [0, 0.05) is 0 Å². The van der Waals surface area contributed by atoms with Gasteiger partial charge in [0.05, 0.1) is 5.60 Å². The van der Waals surface area contributed by atoms with Crippen LogP contribution in [-0.2, 0) is 0 Å². The molecule has 0 aromatic carbocycles. The van der Waals surface area contributed by atoms with E-state index in [2.05, 4.69) is 0 Å². The van der Waals surface area contributed by atoms with Crippen molar-refractivity contribution in [3.63, 3.8) is 0 Å². The van der Waals surface area contributed by atoms with Gasteiger partial charge in [-0.3, -0.25) is 0 Å². The highest BCUT2D eigenvalue weighted by atomic mass is 16.3. The summed E-state index contributed by atoms with van der Waals surface area (Å²) in [6.45, 7) is 2.03. The molecule has 0 amide bonds. The first-order chi connectivity index (χ1) is 4.66. The third-order valence-electron chi connectivity index (χ3n) is 3.77. The van der Waals surface area contributed by atoms with Gasteiger partial charge in [-0.05, 0) is 44.4 Å². The van der Waals surface area contributed by atoms with Crippen LogP contribution in [0.4, 0.5) is 0 Å². The minimum absolute atomic E-state index is 0.314. The predicted molar refractivity (Wildman–Crippen MR) is 40.8 cm³/mol. The molecular weight excluding hydrogens is 124 g/mol. The molecule has 0 heterocycles. The van der Waals surface area contributed by atoms with E-state index in [0.29, 0.717) is 5.41 Å². The molecule has 1 heteroatoms. The Morgan fingerprint density at radius 1 is 1.00 bits per heavy atom. The highest BCUT2D eigenvalue weighted by molar-refractivity contribution is 5.05. The van der Waals surface area contributed by atoms with Crippen LogP contribution >= 0.6 is 0 Å². The summed E-state index contributed by atoms with van der Waals surface area (Å²) in [4.78, 5) is 0. The Morgan fingerprint density at radius 3 is 1.70 bits per heavy atom. The maximum Gasteiger partial charge on any atom is 0.0675 e.